The van der Waals surface area contributed by atoms with Gasteiger partial charge in [-0.25, -0.2) is 0 Å². The standard InChI is InChI=1S/C18H21BrN2OS/c1-13-4-2-3-9-21(13)18(22)14-5-7-16(8-6-14)20-11-17-10-15(19)12-23-17/h5-8,10,12-13,20H,2-4,9,11H2,1H3/t13-/m0/s1. The first kappa shape index (κ1) is 16.5. The van der Waals surface area contributed by atoms with Gasteiger partial charge in [0.1, 0.15) is 0 Å². The second-order valence-electron chi connectivity index (χ2n) is 6.01. The number of nitrogens with zero attached hydrogens (tertiary/aromatic N) is 1. The first-order chi connectivity index (χ1) is 11.1. The van der Waals surface area contributed by atoms with Crippen molar-refractivity contribution in [3.8, 4) is 0 Å². The van der Waals surface area contributed by atoms with Gasteiger partial charge in [0.05, 0.1) is 0 Å². The van der Waals surface area contributed by atoms with Gasteiger partial charge in [-0.15, -0.1) is 11.3 Å². The lowest BCUT2D eigenvalue weighted by Crippen LogP contribution is -2.41. The highest BCUT2D eigenvalue weighted by Gasteiger charge is 2.23. The van der Waals surface area contributed by atoms with Crippen LogP contribution in [0.25, 0.3) is 0 Å². The number of piperidine rings is 1. The van der Waals surface area contributed by atoms with Crippen LogP contribution in [0.5, 0.6) is 0 Å². The molecule has 0 aliphatic carbocycles. The van der Waals surface area contributed by atoms with Crippen LogP contribution < -0.4 is 5.32 Å². The number of carbonyl (C=O) groups excluding carboxylic acids is 1. The maximum atomic E-state index is 12.6. The van der Waals surface area contributed by atoms with Gasteiger partial charge in [0.15, 0.2) is 0 Å². The minimum Gasteiger partial charge on any atom is -0.380 e. The molecule has 0 unspecified atom stereocenters. The topological polar surface area (TPSA) is 32.3 Å². The van der Waals surface area contributed by atoms with E-state index in [1.165, 1.54) is 11.3 Å². The molecular weight excluding hydrogens is 372 g/mol. The third-order valence-corrected chi connectivity index (χ3v) is 5.98. The number of thiophene rings is 1. The number of halogens is 1. The molecule has 1 N–H and O–H groups in total. The highest BCUT2D eigenvalue weighted by molar-refractivity contribution is 9.10. The maximum Gasteiger partial charge on any atom is 0.254 e. The third kappa shape index (κ3) is 4.15. The minimum absolute atomic E-state index is 0.158. The summed E-state index contributed by atoms with van der Waals surface area (Å²) in [7, 11) is 0. The van der Waals surface area contributed by atoms with Crippen molar-refractivity contribution in [3.05, 3.63) is 50.6 Å². The fourth-order valence-corrected chi connectivity index (χ4v) is 4.32. The van der Waals surface area contributed by atoms with Crippen LogP contribution in [0.15, 0.2) is 40.2 Å². The van der Waals surface area contributed by atoms with E-state index in [4.69, 9.17) is 0 Å². The number of likely N-dealkylation sites (tertiary alicyclic amines) is 1. The number of carbonyl (C=O) groups is 1. The largest absolute Gasteiger partial charge is 0.380 e. The van der Waals surface area contributed by atoms with Crippen molar-refractivity contribution in [1.82, 2.24) is 4.90 Å². The van der Waals surface area contributed by atoms with Crippen LogP contribution in [0, 0.1) is 0 Å². The van der Waals surface area contributed by atoms with Crippen molar-refractivity contribution in [1.29, 1.82) is 0 Å². The van der Waals surface area contributed by atoms with Gasteiger partial charge in [-0.3, -0.25) is 4.79 Å². The van der Waals surface area contributed by atoms with Gasteiger partial charge >= 0.3 is 0 Å². The Morgan fingerprint density at radius 3 is 2.78 bits per heavy atom. The number of anilines is 1. The summed E-state index contributed by atoms with van der Waals surface area (Å²) in [5.41, 5.74) is 1.82. The van der Waals surface area contributed by atoms with E-state index in [1.54, 1.807) is 11.3 Å². The smallest absolute Gasteiger partial charge is 0.254 e. The van der Waals surface area contributed by atoms with Gasteiger partial charge in [0, 0.05) is 45.1 Å². The van der Waals surface area contributed by atoms with Crippen molar-refractivity contribution in [3.63, 3.8) is 0 Å². The Morgan fingerprint density at radius 2 is 2.13 bits per heavy atom. The van der Waals surface area contributed by atoms with Gasteiger partial charge < -0.3 is 10.2 Å². The Hall–Kier alpha value is -1.33. The Balaban J connectivity index is 1.61. The fourth-order valence-electron chi connectivity index (χ4n) is 2.93. The molecule has 23 heavy (non-hydrogen) atoms. The van der Waals surface area contributed by atoms with Crippen LogP contribution >= 0.6 is 27.3 Å². The molecule has 0 bridgehead atoms. The monoisotopic (exact) mass is 392 g/mol. The summed E-state index contributed by atoms with van der Waals surface area (Å²) in [6.07, 6.45) is 3.46. The quantitative estimate of drug-likeness (QED) is 0.780. The molecule has 1 saturated heterocycles. The summed E-state index contributed by atoms with van der Waals surface area (Å²) in [4.78, 5) is 15.9. The van der Waals surface area contributed by atoms with Crippen LogP contribution in [0.4, 0.5) is 5.69 Å². The summed E-state index contributed by atoms with van der Waals surface area (Å²) >= 11 is 5.19. The summed E-state index contributed by atoms with van der Waals surface area (Å²) in [5.74, 6) is 0.158. The first-order valence-corrected chi connectivity index (χ1v) is 9.68. The lowest BCUT2D eigenvalue weighted by atomic mass is 10.0. The maximum absolute atomic E-state index is 12.6. The lowest BCUT2D eigenvalue weighted by Gasteiger charge is -2.33. The van der Waals surface area contributed by atoms with Gasteiger partial charge in [-0.2, -0.15) is 0 Å². The molecule has 1 amide bonds. The molecule has 5 heteroatoms. The average molecular weight is 393 g/mol. The van der Waals surface area contributed by atoms with Crippen LogP contribution in [0.2, 0.25) is 0 Å². The zero-order chi connectivity index (χ0) is 16.2. The summed E-state index contributed by atoms with van der Waals surface area (Å²) < 4.78 is 1.12. The predicted molar refractivity (Wildman–Crippen MR) is 100 cm³/mol. The first-order valence-electron chi connectivity index (χ1n) is 8.01. The second kappa shape index (κ2) is 7.49. The number of benzene rings is 1. The number of hydrogen-bond acceptors (Lipinski definition) is 3. The molecule has 1 aliphatic heterocycles. The van der Waals surface area contributed by atoms with Crippen LogP contribution in [0.1, 0.15) is 41.4 Å². The Labute approximate surface area is 149 Å². The molecule has 122 valence electrons. The predicted octanol–water partition coefficient (Wildman–Crippen LogP) is 5.14. The van der Waals surface area contributed by atoms with Gasteiger partial charge in [-0.05, 0) is 72.4 Å². The van der Waals surface area contributed by atoms with Crippen LogP contribution in [-0.2, 0) is 6.54 Å². The van der Waals surface area contributed by atoms with Crippen LogP contribution in [-0.4, -0.2) is 23.4 Å². The van der Waals surface area contributed by atoms with Gasteiger partial charge in [0.2, 0.25) is 0 Å². The van der Waals surface area contributed by atoms with Gasteiger partial charge in [-0.1, -0.05) is 0 Å². The van der Waals surface area contributed by atoms with Crippen molar-refractivity contribution >= 4 is 38.9 Å². The average Bonchev–Trinajstić information content (AvgIpc) is 2.99. The van der Waals surface area contributed by atoms with E-state index in [-0.39, 0.29) is 5.91 Å². The molecule has 1 fully saturated rings. The highest BCUT2D eigenvalue weighted by atomic mass is 79.9. The molecule has 1 aromatic heterocycles. The lowest BCUT2D eigenvalue weighted by molar-refractivity contribution is 0.0635. The van der Waals surface area contributed by atoms with Crippen molar-refractivity contribution < 1.29 is 4.79 Å². The molecule has 1 atom stereocenters. The molecule has 2 aromatic rings. The molecule has 3 rings (SSSR count). The third-order valence-electron chi connectivity index (χ3n) is 4.28. The van der Waals surface area contributed by atoms with Crippen molar-refractivity contribution in [2.75, 3.05) is 11.9 Å². The molecule has 1 aromatic carbocycles. The zero-order valence-electron chi connectivity index (χ0n) is 13.2. The summed E-state index contributed by atoms with van der Waals surface area (Å²) in [6.45, 7) is 3.83. The van der Waals surface area contributed by atoms with E-state index in [1.807, 2.05) is 29.2 Å². The van der Waals surface area contributed by atoms with E-state index in [9.17, 15) is 4.79 Å². The van der Waals surface area contributed by atoms with Crippen molar-refractivity contribution in [2.24, 2.45) is 0 Å². The molecule has 0 spiro atoms. The number of nitrogens with one attached hydrogen (secondary N) is 1. The normalized spacial score (nSPS) is 18.0. The number of rotatable bonds is 4. The second-order valence-corrected chi connectivity index (χ2v) is 7.92. The fraction of sp³-hybridized carbons (Fsp3) is 0.389. The van der Waals surface area contributed by atoms with E-state index in [0.717, 1.165) is 41.7 Å². The molecule has 3 nitrogen and oxygen atoms in total. The summed E-state index contributed by atoms with van der Waals surface area (Å²) in [6, 6.07) is 10.3. The van der Waals surface area contributed by atoms with E-state index < -0.39 is 0 Å². The Kier molecular flexibility index (Phi) is 5.38. The van der Waals surface area contributed by atoms with E-state index in [2.05, 4.69) is 39.6 Å². The Morgan fingerprint density at radius 1 is 1.35 bits per heavy atom. The number of amides is 1. The SMILES string of the molecule is C[C@H]1CCCCN1C(=O)c1ccc(NCc2cc(Br)cs2)cc1. The zero-order valence-corrected chi connectivity index (χ0v) is 15.6. The van der Waals surface area contributed by atoms with Gasteiger partial charge in [0.25, 0.3) is 5.91 Å². The van der Waals surface area contributed by atoms with E-state index in [0.29, 0.717) is 6.04 Å². The molecular formula is C18H21BrN2OS. The molecule has 2 heterocycles. The van der Waals surface area contributed by atoms with Crippen molar-refractivity contribution in [2.45, 2.75) is 38.8 Å². The van der Waals surface area contributed by atoms with Crippen LogP contribution in [0.3, 0.4) is 0 Å². The van der Waals surface area contributed by atoms with E-state index >= 15 is 0 Å². The Bertz CT molecular complexity index is 668. The summed E-state index contributed by atoms with van der Waals surface area (Å²) in [5, 5.41) is 5.48. The molecule has 0 saturated carbocycles. The highest BCUT2D eigenvalue weighted by Crippen LogP contribution is 2.22. The number of hydrogen-bond donors (Lipinski definition) is 1. The minimum atomic E-state index is 0.158. The molecule has 0 radical (unpaired) electrons. The molecule has 1 aliphatic rings.